The Morgan fingerprint density at radius 3 is 2.48 bits per heavy atom. The summed E-state index contributed by atoms with van der Waals surface area (Å²) in [6.45, 7) is 3.20. The van der Waals surface area contributed by atoms with Crippen molar-refractivity contribution in [3.8, 4) is 33.4 Å². The van der Waals surface area contributed by atoms with E-state index in [1.54, 1.807) is 41.8 Å². The number of ether oxygens (including phenoxy) is 1. The molecule has 9 heteroatoms. The highest BCUT2D eigenvalue weighted by Crippen LogP contribution is 2.35. The number of aromatic nitrogens is 3. The maximum absolute atomic E-state index is 13.4. The van der Waals surface area contributed by atoms with Gasteiger partial charge in [0.05, 0.1) is 11.4 Å². The molecule has 0 bridgehead atoms. The van der Waals surface area contributed by atoms with Crippen molar-refractivity contribution in [1.29, 1.82) is 0 Å². The standard InChI is InChI=1S/C22H16F3N3O2S/c1-13-6-8-15(9-7-13)19-11-20(22(23,24)25)27-28(19)21-26-18(12-31-21)16-4-3-5-17(10-16)30-14(2)29/h3-12H,1-2H3. The van der Waals surface area contributed by atoms with Crippen molar-refractivity contribution in [2.45, 2.75) is 20.0 Å². The fourth-order valence-electron chi connectivity index (χ4n) is 2.97. The van der Waals surface area contributed by atoms with E-state index in [1.807, 2.05) is 19.1 Å². The highest BCUT2D eigenvalue weighted by atomic mass is 32.1. The van der Waals surface area contributed by atoms with Crippen LogP contribution in [0.15, 0.2) is 60.0 Å². The van der Waals surface area contributed by atoms with E-state index in [0.717, 1.165) is 11.6 Å². The minimum absolute atomic E-state index is 0.291. The molecule has 0 saturated carbocycles. The predicted molar refractivity (Wildman–Crippen MR) is 111 cm³/mol. The highest BCUT2D eigenvalue weighted by Gasteiger charge is 2.35. The normalized spacial score (nSPS) is 11.5. The molecule has 0 atom stereocenters. The molecule has 0 fully saturated rings. The van der Waals surface area contributed by atoms with Crippen LogP contribution < -0.4 is 4.74 Å². The largest absolute Gasteiger partial charge is 0.435 e. The second kappa shape index (κ2) is 7.99. The summed E-state index contributed by atoms with van der Waals surface area (Å²) >= 11 is 1.17. The lowest BCUT2D eigenvalue weighted by molar-refractivity contribution is -0.141. The number of thiazole rings is 1. The van der Waals surface area contributed by atoms with Crippen molar-refractivity contribution in [3.05, 3.63) is 71.2 Å². The first-order chi connectivity index (χ1) is 14.7. The third kappa shape index (κ3) is 4.51. The van der Waals surface area contributed by atoms with Gasteiger partial charge in [-0.3, -0.25) is 4.79 Å². The lowest BCUT2D eigenvalue weighted by atomic mass is 10.1. The summed E-state index contributed by atoms with van der Waals surface area (Å²) in [6.07, 6.45) is -4.58. The van der Waals surface area contributed by atoms with Crippen LogP contribution in [-0.4, -0.2) is 20.7 Å². The van der Waals surface area contributed by atoms with E-state index in [4.69, 9.17) is 4.74 Å². The van der Waals surface area contributed by atoms with Gasteiger partial charge in [0.2, 0.25) is 5.13 Å². The fraction of sp³-hybridized carbons (Fsp3) is 0.136. The summed E-state index contributed by atoms with van der Waals surface area (Å²) in [7, 11) is 0. The summed E-state index contributed by atoms with van der Waals surface area (Å²) < 4.78 is 46.4. The first-order valence-electron chi connectivity index (χ1n) is 9.20. The Bertz CT molecular complexity index is 1240. The quantitative estimate of drug-likeness (QED) is 0.290. The number of carbonyl (C=O) groups excluding carboxylic acids is 1. The zero-order valence-electron chi connectivity index (χ0n) is 16.5. The third-order valence-corrected chi connectivity index (χ3v) is 5.23. The summed E-state index contributed by atoms with van der Waals surface area (Å²) in [6, 6.07) is 14.9. The molecule has 0 unspecified atom stereocenters. The minimum atomic E-state index is -4.58. The average molecular weight is 443 g/mol. The summed E-state index contributed by atoms with van der Waals surface area (Å²) in [4.78, 5) is 15.7. The molecule has 0 aliphatic carbocycles. The number of hydrogen-bond acceptors (Lipinski definition) is 5. The molecule has 5 nitrogen and oxygen atoms in total. The Balaban J connectivity index is 1.77. The molecule has 2 heterocycles. The van der Waals surface area contributed by atoms with Crippen LogP contribution in [0.4, 0.5) is 13.2 Å². The van der Waals surface area contributed by atoms with E-state index < -0.39 is 17.8 Å². The lowest BCUT2D eigenvalue weighted by Crippen LogP contribution is -2.07. The zero-order chi connectivity index (χ0) is 22.2. The number of aryl methyl sites for hydroxylation is 1. The van der Waals surface area contributed by atoms with Gasteiger partial charge >= 0.3 is 12.1 Å². The van der Waals surface area contributed by atoms with E-state index in [0.29, 0.717) is 33.4 Å². The maximum atomic E-state index is 13.4. The SMILES string of the molecule is CC(=O)Oc1cccc(-c2csc(-n3nc(C(F)(F)F)cc3-c3ccc(C)cc3)n2)c1. The Labute approximate surface area is 179 Å². The maximum Gasteiger partial charge on any atom is 0.435 e. The number of rotatable bonds is 4. The molecule has 0 spiro atoms. The summed E-state index contributed by atoms with van der Waals surface area (Å²) in [5.41, 5.74) is 2.10. The molecule has 0 amide bonds. The van der Waals surface area contributed by atoms with Crippen LogP contribution in [0.1, 0.15) is 18.2 Å². The van der Waals surface area contributed by atoms with Crippen molar-refractivity contribution >= 4 is 17.3 Å². The predicted octanol–water partition coefficient (Wildman–Crippen LogP) is 5.92. The number of halogens is 3. The average Bonchev–Trinajstić information content (AvgIpc) is 3.35. The first kappa shape index (κ1) is 20.8. The van der Waals surface area contributed by atoms with Crippen molar-refractivity contribution in [3.63, 3.8) is 0 Å². The lowest BCUT2D eigenvalue weighted by Gasteiger charge is -2.05. The van der Waals surface area contributed by atoms with Crippen LogP contribution in [0, 0.1) is 6.92 Å². The fourth-order valence-corrected chi connectivity index (χ4v) is 3.77. The van der Waals surface area contributed by atoms with Gasteiger partial charge in [-0.05, 0) is 25.1 Å². The topological polar surface area (TPSA) is 57.0 Å². The molecule has 0 N–H and O–H groups in total. The van der Waals surface area contributed by atoms with Gasteiger partial charge in [0, 0.05) is 23.4 Å². The second-order valence-corrected chi connectivity index (χ2v) is 7.66. The van der Waals surface area contributed by atoms with Gasteiger partial charge in [0.1, 0.15) is 5.75 Å². The highest BCUT2D eigenvalue weighted by molar-refractivity contribution is 7.12. The number of benzene rings is 2. The molecule has 0 aliphatic heterocycles. The molecule has 158 valence electrons. The third-order valence-electron chi connectivity index (χ3n) is 4.41. The Kier molecular flexibility index (Phi) is 5.36. The van der Waals surface area contributed by atoms with E-state index in [-0.39, 0.29) is 0 Å². The van der Waals surface area contributed by atoms with Gasteiger partial charge in [-0.2, -0.15) is 18.3 Å². The first-order valence-corrected chi connectivity index (χ1v) is 10.1. The smallest absolute Gasteiger partial charge is 0.427 e. The number of esters is 1. The van der Waals surface area contributed by atoms with Crippen LogP contribution in [-0.2, 0) is 11.0 Å². The Morgan fingerprint density at radius 1 is 1.06 bits per heavy atom. The van der Waals surface area contributed by atoms with Crippen molar-refractivity contribution in [2.24, 2.45) is 0 Å². The molecular formula is C22H16F3N3O2S. The summed E-state index contributed by atoms with van der Waals surface area (Å²) in [5, 5.41) is 5.79. The van der Waals surface area contributed by atoms with Crippen LogP contribution in [0.3, 0.4) is 0 Å². The molecular weight excluding hydrogens is 427 g/mol. The molecule has 0 aliphatic rings. The number of alkyl halides is 3. The van der Waals surface area contributed by atoms with Crippen molar-refractivity contribution < 1.29 is 22.7 Å². The van der Waals surface area contributed by atoms with E-state index >= 15 is 0 Å². The van der Waals surface area contributed by atoms with Gasteiger partial charge < -0.3 is 4.74 Å². The monoisotopic (exact) mass is 443 g/mol. The number of nitrogens with zero attached hydrogens (tertiary/aromatic N) is 3. The van der Waals surface area contributed by atoms with Gasteiger partial charge in [-0.15, -0.1) is 11.3 Å². The van der Waals surface area contributed by atoms with Crippen molar-refractivity contribution in [2.75, 3.05) is 0 Å². The Morgan fingerprint density at radius 2 is 1.81 bits per heavy atom. The molecule has 4 aromatic rings. The van der Waals surface area contributed by atoms with Gasteiger partial charge in [-0.1, -0.05) is 42.0 Å². The molecule has 0 radical (unpaired) electrons. The van der Waals surface area contributed by atoms with Crippen LogP contribution in [0.25, 0.3) is 27.6 Å². The van der Waals surface area contributed by atoms with Gasteiger partial charge in [0.25, 0.3) is 0 Å². The van der Waals surface area contributed by atoms with Gasteiger partial charge in [0.15, 0.2) is 5.69 Å². The number of carbonyl (C=O) groups is 1. The van der Waals surface area contributed by atoms with Gasteiger partial charge in [-0.25, -0.2) is 9.67 Å². The van der Waals surface area contributed by atoms with Crippen LogP contribution >= 0.6 is 11.3 Å². The van der Waals surface area contributed by atoms with E-state index in [9.17, 15) is 18.0 Å². The van der Waals surface area contributed by atoms with Crippen LogP contribution in [0.2, 0.25) is 0 Å². The van der Waals surface area contributed by atoms with Crippen molar-refractivity contribution in [1.82, 2.24) is 14.8 Å². The molecule has 0 saturated heterocycles. The molecule has 2 aromatic carbocycles. The molecule has 4 rings (SSSR count). The van der Waals surface area contributed by atoms with E-state index in [1.165, 1.54) is 22.9 Å². The zero-order valence-corrected chi connectivity index (χ0v) is 17.3. The minimum Gasteiger partial charge on any atom is -0.427 e. The molecule has 2 aromatic heterocycles. The number of hydrogen-bond donors (Lipinski definition) is 0. The molecule has 31 heavy (non-hydrogen) atoms. The van der Waals surface area contributed by atoms with E-state index in [2.05, 4.69) is 10.1 Å². The Hall–Kier alpha value is -3.46. The van der Waals surface area contributed by atoms with Crippen LogP contribution in [0.5, 0.6) is 5.75 Å². The summed E-state index contributed by atoms with van der Waals surface area (Å²) in [5.74, 6) is -0.0894. The second-order valence-electron chi connectivity index (χ2n) is 6.83.